The molecule has 1 fully saturated rings. The molecule has 3 rings (SSSR count). The van der Waals surface area contributed by atoms with Crippen LogP contribution in [-0.2, 0) is 16.0 Å². The molecule has 3 N–H and O–H groups in total. The summed E-state index contributed by atoms with van der Waals surface area (Å²) < 4.78 is 0. The fourth-order valence-electron chi connectivity index (χ4n) is 3.68. The average Bonchev–Trinajstić information content (AvgIpc) is 2.89. The highest BCUT2D eigenvalue weighted by Crippen LogP contribution is 2.28. The SMILES string of the molecule is Cl.NCCCCCCCc1ccc2c(c1)C(=O)N(C1CCC(=O)NC1=O)C2=O. The summed E-state index contributed by atoms with van der Waals surface area (Å²) in [5.41, 5.74) is 7.18. The zero-order valence-corrected chi connectivity index (χ0v) is 16.6. The van der Waals surface area contributed by atoms with Gasteiger partial charge in [-0.2, -0.15) is 0 Å². The molecule has 1 saturated heterocycles. The van der Waals surface area contributed by atoms with Crippen molar-refractivity contribution in [3.63, 3.8) is 0 Å². The molecule has 2 aliphatic heterocycles. The van der Waals surface area contributed by atoms with E-state index in [9.17, 15) is 19.2 Å². The number of piperidine rings is 1. The molecule has 0 bridgehead atoms. The first-order valence-electron chi connectivity index (χ1n) is 9.57. The van der Waals surface area contributed by atoms with Gasteiger partial charge in [0.1, 0.15) is 6.04 Å². The molecule has 28 heavy (non-hydrogen) atoms. The summed E-state index contributed by atoms with van der Waals surface area (Å²) in [5.74, 6) is -1.87. The molecule has 7 nitrogen and oxygen atoms in total. The van der Waals surface area contributed by atoms with Crippen LogP contribution in [0.25, 0.3) is 0 Å². The van der Waals surface area contributed by atoms with Crippen LogP contribution in [0.4, 0.5) is 0 Å². The lowest BCUT2D eigenvalue weighted by molar-refractivity contribution is -0.136. The Bertz CT molecular complexity index is 781. The molecule has 1 aromatic rings. The number of carbonyl (C=O) groups is 4. The largest absolute Gasteiger partial charge is 0.330 e. The van der Waals surface area contributed by atoms with E-state index in [1.165, 1.54) is 0 Å². The second-order valence-corrected chi connectivity index (χ2v) is 7.13. The van der Waals surface area contributed by atoms with Gasteiger partial charge in [0.15, 0.2) is 0 Å². The monoisotopic (exact) mass is 407 g/mol. The molecule has 8 heteroatoms. The molecule has 0 saturated carbocycles. The lowest BCUT2D eigenvalue weighted by atomic mass is 10.0. The molecule has 152 valence electrons. The highest BCUT2D eigenvalue weighted by molar-refractivity contribution is 6.23. The highest BCUT2D eigenvalue weighted by atomic mass is 35.5. The molecule has 0 radical (unpaired) electrons. The summed E-state index contributed by atoms with van der Waals surface area (Å²) in [7, 11) is 0. The van der Waals surface area contributed by atoms with Crippen LogP contribution in [0.15, 0.2) is 18.2 Å². The molecule has 0 spiro atoms. The number of nitrogens with one attached hydrogen (secondary N) is 1. The first-order chi connectivity index (χ1) is 13.0. The third-order valence-corrected chi connectivity index (χ3v) is 5.17. The number of carbonyl (C=O) groups excluding carboxylic acids is 4. The molecule has 1 unspecified atom stereocenters. The van der Waals surface area contributed by atoms with Gasteiger partial charge in [0, 0.05) is 6.42 Å². The van der Waals surface area contributed by atoms with Gasteiger partial charge >= 0.3 is 0 Å². The summed E-state index contributed by atoms with van der Waals surface area (Å²) in [6.07, 6.45) is 6.58. The van der Waals surface area contributed by atoms with Crippen molar-refractivity contribution >= 4 is 36.0 Å². The van der Waals surface area contributed by atoms with Gasteiger partial charge in [0.05, 0.1) is 11.1 Å². The van der Waals surface area contributed by atoms with Gasteiger partial charge in [0.25, 0.3) is 11.8 Å². The van der Waals surface area contributed by atoms with Crippen molar-refractivity contribution in [1.29, 1.82) is 0 Å². The number of nitrogens with two attached hydrogens (primary N) is 1. The van der Waals surface area contributed by atoms with Crippen LogP contribution in [0, 0.1) is 0 Å². The topological polar surface area (TPSA) is 110 Å². The fourth-order valence-corrected chi connectivity index (χ4v) is 3.68. The number of amides is 4. The standard InChI is InChI=1S/C20H25N3O4.ClH/c21-11-5-3-1-2-4-6-13-7-8-14-15(12-13)20(27)23(19(14)26)16-9-10-17(24)22-18(16)25;/h7-8,12,16H,1-6,9-11,21H2,(H,22,24,25);1H. The predicted molar refractivity (Wildman–Crippen MR) is 106 cm³/mol. The van der Waals surface area contributed by atoms with E-state index in [-0.39, 0.29) is 31.2 Å². The minimum atomic E-state index is -0.916. The van der Waals surface area contributed by atoms with Crippen LogP contribution in [0.2, 0.25) is 0 Å². The first kappa shape index (κ1) is 22.0. The maximum Gasteiger partial charge on any atom is 0.262 e. The van der Waals surface area contributed by atoms with Crippen molar-refractivity contribution < 1.29 is 19.2 Å². The van der Waals surface area contributed by atoms with Crippen molar-refractivity contribution in [2.45, 2.75) is 57.4 Å². The van der Waals surface area contributed by atoms with Crippen LogP contribution >= 0.6 is 12.4 Å². The Labute approximate surface area is 170 Å². The number of aryl methyl sites for hydroxylation is 1. The maximum atomic E-state index is 12.8. The Hall–Kier alpha value is -2.25. The number of nitrogens with zero attached hydrogens (tertiary/aromatic N) is 1. The summed E-state index contributed by atoms with van der Waals surface area (Å²) in [6, 6.07) is 4.39. The van der Waals surface area contributed by atoms with Crippen molar-refractivity contribution in [1.82, 2.24) is 10.2 Å². The first-order valence-corrected chi connectivity index (χ1v) is 9.57. The van der Waals surface area contributed by atoms with Crippen LogP contribution < -0.4 is 11.1 Å². The number of halogens is 1. The van der Waals surface area contributed by atoms with E-state index in [1.807, 2.05) is 6.07 Å². The molecule has 2 heterocycles. The van der Waals surface area contributed by atoms with Gasteiger partial charge < -0.3 is 5.73 Å². The number of fused-ring (bicyclic) bond motifs is 1. The Kier molecular flexibility index (Phi) is 7.71. The molecule has 0 aromatic heterocycles. The van der Waals surface area contributed by atoms with Crippen molar-refractivity contribution in [3.8, 4) is 0 Å². The molecule has 1 atom stereocenters. The van der Waals surface area contributed by atoms with Crippen LogP contribution in [-0.4, -0.2) is 41.1 Å². The minimum Gasteiger partial charge on any atom is -0.330 e. The van der Waals surface area contributed by atoms with Crippen molar-refractivity contribution in [2.24, 2.45) is 5.73 Å². The van der Waals surface area contributed by atoms with Crippen LogP contribution in [0.1, 0.15) is 71.2 Å². The van der Waals surface area contributed by atoms with Crippen LogP contribution in [0.5, 0.6) is 0 Å². The number of rotatable bonds is 8. The Morgan fingerprint density at radius 3 is 2.36 bits per heavy atom. The molecular weight excluding hydrogens is 382 g/mol. The predicted octanol–water partition coefficient (Wildman–Crippen LogP) is 1.96. The second-order valence-electron chi connectivity index (χ2n) is 7.13. The molecule has 2 aliphatic rings. The lowest BCUT2D eigenvalue weighted by Gasteiger charge is -2.27. The number of benzene rings is 1. The normalized spacial score (nSPS) is 18.8. The summed E-state index contributed by atoms with van der Waals surface area (Å²) in [4.78, 5) is 49.8. The van der Waals surface area contributed by atoms with E-state index in [0.717, 1.165) is 55.5 Å². The molecule has 1 aromatic carbocycles. The average molecular weight is 408 g/mol. The third kappa shape index (κ3) is 4.59. The molecule has 4 amide bonds. The quantitative estimate of drug-likeness (QED) is 0.505. The number of imide groups is 2. The van der Waals surface area contributed by atoms with E-state index in [1.54, 1.807) is 12.1 Å². The van der Waals surface area contributed by atoms with Gasteiger partial charge in [-0.15, -0.1) is 12.4 Å². The van der Waals surface area contributed by atoms with E-state index in [2.05, 4.69) is 5.32 Å². The third-order valence-electron chi connectivity index (χ3n) is 5.17. The van der Waals surface area contributed by atoms with E-state index in [0.29, 0.717) is 11.1 Å². The highest BCUT2D eigenvalue weighted by Gasteiger charge is 2.44. The van der Waals surface area contributed by atoms with E-state index >= 15 is 0 Å². The second kappa shape index (κ2) is 9.80. The van der Waals surface area contributed by atoms with Gasteiger partial charge in [0.2, 0.25) is 11.8 Å². The Balaban J connectivity index is 0.00000280. The zero-order valence-electron chi connectivity index (χ0n) is 15.7. The molecule has 0 aliphatic carbocycles. The zero-order chi connectivity index (χ0) is 19.4. The summed E-state index contributed by atoms with van der Waals surface area (Å²) in [5, 5.41) is 2.20. The van der Waals surface area contributed by atoms with E-state index < -0.39 is 23.8 Å². The van der Waals surface area contributed by atoms with Crippen LogP contribution in [0.3, 0.4) is 0 Å². The number of hydrogen-bond donors (Lipinski definition) is 2. The van der Waals surface area contributed by atoms with Gasteiger partial charge in [-0.05, 0) is 49.9 Å². The Morgan fingerprint density at radius 1 is 0.964 bits per heavy atom. The Morgan fingerprint density at radius 2 is 1.64 bits per heavy atom. The summed E-state index contributed by atoms with van der Waals surface area (Å²) >= 11 is 0. The van der Waals surface area contributed by atoms with Gasteiger partial charge in [-0.1, -0.05) is 25.3 Å². The van der Waals surface area contributed by atoms with Crippen molar-refractivity contribution in [2.75, 3.05) is 6.54 Å². The number of hydrogen-bond acceptors (Lipinski definition) is 5. The summed E-state index contributed by atoms with van der Waals surface area (Å²) in [6.45, 7) is 0.727. The number of unbranched alkanes of at least 4 members (excludes halogenated alkanes) is 4. The fraction of sp³-hybridized carbons (Fsp3) is 0.500. The lowest BCUT2D eigenvalue weighted by Crippen LogP contribution is -2.54. The van der Waals surface area contributed by atoms with Crippen molar-refractivity contribution in [3.05, 3.63) is 34.9 Å². The maximum absolute atomic E-state index is 12.8. The smallest absolute Gasteiger partial charge is 0.262 e. The minimum absolute atomic E-state index is 0. The van der Waals surface area contributed by atoms with E-state index in [4.69, 9.17) is 5.73 Å². The van der Waals surface area contributed by atoms with Gasteiger partial charge in [-0.3, -0.25) is 29.4 Å². The van der Waals surface area contributed by atoms with Gasteiger partial charge in [-0.25, -0.2) is 0 Å². The molecular formula is C20H26ClN3O4.